The first-order chi connectivity index (χ1) is 14.5. The summed E-state index contributed by atoms with van der Waals surface area (Å²) in [5, 5.41) is 0.718. The van der Waals surface area contributed by atoms with Crippen LogP contribution < -0.4 is 10.6 Å². The Labute approximate surface area is 178 Å². The molecule has 10 heteroatoms. The van der Waals surface area contributed by atoms with Gasteiger partial charge in [0.05, 0.1) is 10.9 Å². The van der Waals surface area contributed by atoms with Gasteiger partial charge in [-0.15, -0.1) is 0 Å². The van der Waals surface area contributed by atoms with Crippen LogP contribution in [0.5, 0.6) is 0 Å². The van der Waals surface area contributed by atoms with Crippen molar-refractivity contribution in [2.24, 2.45) is 0 Å². The Morgan fingerprint density at radius 3 is 1.84 bits per heavy atom. The molecule has 0 radical (unpaired) electrons. The molecule has 0 aliphatic heterocycles. The highest BCUT2D eigenvalue weighted by atomic mass is 16.6. The molecule has 0 N–H and O–H groups in total. The molecule has 0 saturated heterocycles. The molecule has 0 aliphatic rings. The number of amides is 2. The largest absolute Gasteiger partial charge is 0.453 e. The minimum Gasteiger partial charge on any atom is -0.453 e. The summed E-state index contributed by atoms with van der Waals surface area (Å²) in [6, 6.07) is 6.50. The molecule has 0 saturated carbocycles. The number of benzene rings is 1. The third-order valence-corrected chi connectivity index (χ3v) is 4.29. The van der Waals surface area contributed by atoms with Crippen molar-refractivity contribution >= 4 is 34.7 Å². The molecule has 0 fully saturated rings. The van der Waals surface area contributed by atoms with Gasteiger partial charge in [0.1, 0.15) is 5.82 Å². The van der Waals surface area contributed by atoms with Crippen LogP contribution in [0.25, 0.3) is 10.9 Å². The number of hydrogen-bond donors (Lipinski definition) is 0. The molecule has 10 nitrogen and oxygen atoms in total. The van der Waals surface area contributed by atoms with Crippen molar-refractivity contribution in [3.63, 3.8) is 0 Å². The predicted octanol–water partition coefficient (Wildman–Crippen LogP) is 1.41. The van der Waals surface area contributed by atoms with Crippen LogP contribution >= 0.6 is 0 Å². The van der Waals surface area contributed by atoms with Crippen molar-refractivity contribution in [1.29, 1.82) is 0 Å². The molecule has 0 spiro atoms. The fourth-order valence-corrected chi connectivity index (χ4v) is 2.96. The summed E-state index contributed by atoms with van der Waals surface area (Å²) in [4.78, 5) is 66.9. The van der Waals surface area contributed by atoms with E-state index in [2.05, 4.69) is 4.98 Å². The number of carbonyl (C=O) groups is 4. The molecule has 2 atom stereocenters. The highest BCUT2D eigenvalue weighted by molar-refractivity contribution is 6.12. The highest BCUT2D eigenvalue weighted by Gasteiger charge is 2.36. The molecule has 166 valence electrons. The first-order valence-corrected chi connectivity index (χ1v) is 9.69. The van der Waals surface area contributed by atoms with Crippen LogP contribution in [-0.2, 0) is 28.7 Å². The van der Waals surface area contributed by atoms with Gasteiger partial charge in [-0.05, 0) is 26.0 Å². The van der Waals surface area contributed by atoms with E-state index in [9.17, 15) is 24.0 Å². The Balaban J connectivity index is 2.79. The number of ether oxygens (including phenoxy) is 2. The summed E-state index contributed by atoms with van der Waals surface area (Å²) in [6.45, 7) is 8.25. The number of aromatic nitrogens is 2. The van der Waals surface area contributed by atoms with Crippen molar-refractivity contribution in [2.75, 3.05) is 5.01 Å². The van der Waals surface area contributed by atoms with E-state index in [-0.39, 0.29) is 17.1 Å². The summed E-state index contributed by atoms with van der Waals surface area (Å²) in [6.07, 6.45) is -2.77. The van der Waals surface area contributed by atoms with E-state index < -0.39 is 41.5 Å². The van der Waals surface area contributed by atoms with Gasteiger partial charge >= 0.3 is 11.9 Å². The Bertz CT molecular complexity index is 1060. The molecule has 0 aliphatic carbocycles. The monoisotopic (exact) mass is 431 g/mol. The number of rotatable bonds is 6. The number of fused-ring (bicyclic) bond motifs is 1. The Morgan fingerprint density at radius 2 is 1.39 bits per heavy atom. The van der Waals surface area contributed by atoms with E-state index in [1.165, 1.54) is 19.9 Å². The van der Waals surface area contributed by atoms with Crippen molar-refractivity contribution in [1.82, 2.24) is 9.66 Å². The third kappa shape index (κ3) is 5.14. The van der Waals surface area contributed by atoms with E-state index in [0.29, 0.717) is 10.5 Å². The second-order valence-electron chi connectivity index (χ2n) is 7.25. The van der Waals surface area contributed by atoms with Crippen LogP contribution in [0.4, 0.5) is 0 Å². The number of esters is 2. The lowest BCUT2D eigenvalue weighted by molar-refractivity contribution is -0.156. The average molecular weight is 431 g/mol. The number of hydrogen-bond acceptors (Lipinski definition) is 8. The molecule has 2 amide bonds. The Morgan fingerprint density at radius 1 is 0.903 bits per heavy atom. The summed E-state index contributed by atoms with van der Waals surface area (Å²) in [7, 11) is 0. The minimum absolute atomic E-state index is 0.135. The maximum Gasteiger partial charge on any atom is 0.303 e. The van der Waals surface area contributed by atoms with Gasteiger partial charge in [-0.2, -0.15) is 9.69 Å². The summed E-state index contributed by atoms with van der Waals surface area (Å²) >= 11 is 0. The minimum atomic E-state index is -1.38. The van der Waals surface area contributed by atoms with Crippen LogP contribution in [0.3, 0.4) is 0 Å². The Hall–Kier alpha value is -3.56. The maximum absolute atomic E-state index is 13.4. The lowest BCUT2D eigenvalue weighted by Crippen LogP contribution is -2.58. The van der Waals surface area contributed by atoms with Gasteiger partial charge in [0, 0.05) is 19.8 Å². The van der Waals surface area contributed by atoms with E-state index in [0.717, 1.165) is 18.5 Å². The van der Waals surface area contributed by atoms with Gasteiger partial charge in [-0.25, -0.2) is 4.98 Å². The summed E-state index contributed by atoms with van der Waals surface area (Å²) in [5.41, 5.74) is -0.269. The van der Waals surface area contributed by atoms with Crippen molar-refractivity contribution < 1.29 is 28.7 Å². The fourth-order valence-electron chi connectivity index (χ4n) is 2.96. The maximum atomic E-state index is 13.4. The van der Waals surface area contributed by atoms with Crippen LogP contribution in [0.15, 0.2) is 29.1 Å². The normalized spacial score (nSPS) is 12.9. The smallest absolute Gasteiger partial charge is 0.303 e. The zero-order chi connectivity index (χ0) is 23.5. The zero-order valence-electron chi connectivity index (χ0n) is 18.2. The number of nitrogens with zero attached hydrogens (tertiary/aromatic N) is 3. The van der Waals surface area contributed by atoms with E-state index in [4.69, 9.17) is 9.47 Å². The van der Waals surface area contributed by atoms with Crippen molar-refractivity contribution in [3.05, 3.63) is 40.4 Å². The number of imide groups is 1. The van der Waals surface area contributed by atoms with Gasteiger partial charge < -0.3 is 9.47 Å². The Kier molecular flexibility index (Phi) is 7.27. The second kappa shape index (κ2) is 9.50. The predicted molar refractivity (Wildman–Crippen MR) is 111 cm³/mol. The lowest BCUT2D eigenvalue weighted by Gasteiger charge is -2.29. The summed E-state index contributed by atoms with van der Waals surface area (Å²) in [5.74, 6) is -3.69. The van der Waals surface area contributed by atoms with Crippen LogP contribution in [-0.4, -0.2) is 45.6 Å². The molecule has 31 heavy (non-hydrogen) atoms. The van der Waals surface area contributed by atoms with Crippen molar-refractivity contribution in [3.8, 4) is 0 Å². The summed E-state index contributed by atoms with van der Waals surface area (Å²) < 4.78 is 10.7. The zero-order valence-corrected chi connectivity index (χ0v) is 18.2. The third-order valence-electron chi connectivity index (χ3n) is 4.29. The standard InChI is InChI=1S/C21H25N3O7/c1-11(2)18-22-17-10-8-7-9-16(17)21(29)23(18)24(19(27)12(3)30-14(5)25)20(28)13(4)31-15(6)26/h7-13H,1-6H3/t12-,13-/m1/s1. The van der Waals surface area contributed by atoms with Crippen LogP contribution in [0, 0.1) is 0 Å². The van der Waals surface area contributed by atoms with Gasteiger partial charge in [-0.1, -0.05) is 26.0 Å². The topological polar surface area (TPSA) is 125 Å². The average Bonchev–Trinajstić information content (AvgIpc) is 2.68. The second-order valence-corrected chi connectivity index (χ2v) is 7.25. The molecule has 0 bridgehead atoms. The fraction of sp³-hybridized carbons (Fsp3) is 0.429. The molecule has 1 aromatic heterocycles. The molecule has 0 unspecified atom stereocenters. The van der Waals surface area contributed by atoms with Crippen LogP contribution in [0.2, 0.25) is 0 Å². The number of carbonyl (C=O) groups excluding carboxylic acids is 4. The van der Waals surface area contributed by atoms with Crippen molar-refractivity contribution in [2.45, 2.75) is 59.7 Å². The van der Waals surface area contributed by atoms with E-state index in [1.807, 2.05) is 0 Å². The van der Waals surface area contributed by atoms with Gasteiger partial charge in [0.15, 0.2) is 12.2 Å². The molecular formula is C21H25N3O7. The van der Waals surface area contributed by atoms with Gasteiger partial charge in [0.2, 0.25) is 0 Å². The molecular weight excluding hydrogens is 406 g/mol. The molecule has 2 aromatic rings. The first kappa shape index (κ1) is 23.7. The van der Waals surface area contributed by atoms with E-state index in [1.54, 1.807) is 32.0 Å². The molecule has 1 heterocycles. The SMILES string of the molecule is CC(=O)O[C@H](C)C(=O)N(C(=O)[C@@H](C)OC(C)=O)n1c(C(C)C)nc2ccccc2c1=O. The first-order valence-electron chi connectivity index (χ1n) is 9.69. The highest BCUT2D eigenvalue weighted by Crippen LogP contribution is 2.17. The number of para-hydroxylation sites is 1. The lowest BCUT2D eigenvalue weighted by atomic mass is 10.1. The molecule has 2 rings (SSSR count). The van der Waals surface area contributed by atoms with E-state index >= 15 is 0 Å². The van der Waals surface area contributed by atoms with Crippen LogP contribution in [0.1, 0.15) is 53.3 Å². The molecule has 1 aromatic carbocycles. The quantitative estimate of drug-likeness (QED) is 0.629. The van der Waals surface area contributed by atoms with Gasteiger partial charge in [0.25, 0.3) is 17.4 Å². The van der Waals surface area contributed by atoms with Gasteiger partial charge in [-0.3, -0.25) is 24.0 Å².